The second kappa shape index (κ2) is 13.4. The summed E-state index contributed by atoms with van der Waals surface area (Å²) in [6.45, 7) is 3.71. The summed E-state index contributed by atoms with van der Waals surface area (Å²) in [5.74, 6) is 1.86. The third kappa shape index (κ3) is 6.76. The lowest BCUT2D eigenvalue weighted by atomic mass is 9.78. The second-order valence-corrected chi connectivity index (χ2v) is 13.0. The second-order valence-electron chi connectivity index (χ2n) is 13.0. The van der Waals surface area contributed by atoms with E-state index in [1.54, 1.807) is 17.1 Å². The Balaban J connectivity index is 1.04. The molecule has 2 N–H and O–H groups in total. The maximum Gasteiger partial charge on any atom is 0.323 e. The molecule has 2 aliphatic heterocycles. The van der Waals surface area contributed by atoms with Crippen LogP contribution < -0.4 is 20.4 Å². The molecule has 242 valence electrons. The molecule has 5 heterocycles. The average Bonchev–Trinajstić information content (AvgIpc) is 3.54. The Morgan fingerprint density at radius 2 is 1.89 bits per heavy atom. The van der Waals surface area contributed by atoms with Crippen LogP contribution in [0.4, 0.5) is 22.4 Å². The van der Waals surface area contributed by atoms with Crippen LogP contribution >= 0.6 is 0 Å². The van der Waals surface area contributed by atoms with Gasteiger partial charge in [-0.3, -0.25) is 9.58 Å². The van der Waals surface area contributed by atoms with Crippen LogP contribution in [0.3, 0.4) is 0 Å². The molecular formula is C35H40N10O2. The van der Waals surface area contributed by atoms with Crippen molar-refractivity contribution in [3.05, 3.63) is 78.4 Å². The van der Waals surface area contributed by atoms with Crippen LogP contribution in [0.5, 0.6) is 0 Å². The number of pyridine rings is 1. The van der Waals surface area contributed by atoms with Crippen molar-refractivity contribution in [1.29, 1.82) is 5.26 Å². The third-order valence-electron chi connectivity index (χ3n) is 9.60. The van der Waals surface area contributed by atoms with Gasteiger partial charge < -0.3 is 20.3 Å². The molecular weight excluding hydrogens is 592 g/mol. The summed E-state index contributed by atoms with van der Waals surface area (Å²) < 4.78 is 7.29. The van der Waals surface area contributed by atoms with Gasteiger partial charge in [-0.25, -0.2) is 14.8 Å². The number of piperidine rings is 1. The van der Waals surface area contributed by atoms with Crippen molar-refractivity contribution in [3.8, 4) is 17.2 Å². The van der Waals surface area contributed by atoms with E-state index >= 15 is 0 Å². The molecule has 3 aliphatic rings. The molecule has 1 saturated carbocycles. The quantitative estimate of drug-likeness (QED) is 0.278. The van der Waals surface area contributed by atoms with Gasteiger partial charge in [-0.05, 0) is 56.2 Å². The molecule has 1 aromatic carbocycles. The van der Waals surface area contributed by atoms with E-state index in [9.17, 15) is 10.1 Å². The number of hydrogen-bond acceptors (Lipinski definition) is 9. The molecule has 12 nitrogen and oxygen atoms in total. The Morgan fingerprint density at radius 1 is 1.06 bits per heavy atom. The van der Waals surface area contributed by atoms with Gasteiger partial charge in [0.1, 0.15) is 17.5 Å². The van der Waals surface area contributed by atoms with Crippen LogP contribution in [0.1, 0.15) is 49.7 Å². The normalized spacial score (nSPS) is 20.2. The van der Waals surface area contributed by atoms with Crippen LogP contribution in [0.15, 0.2) is 67.3 Å². The summed E-state index contributed by atoms with van der Waals surface area (Å²) in [7, 11) is 1.89. The Labute approximate surface area is 274 Å². The zero-order chi connectivity index (χ0) is 32.2. The molecule has 0 unspecified atom stereocenters. The monoisotopic (exact) mass is 632 g/mol. The predicted octanol–water partition coefficient (Wildman–Crippen LogP) is 4.90. The van der Waals surface area contributed by atoms with Gasteiger partial charge in [0.25, 0.3) is 0 Å². The summed E-state index contributed by atoms with van der Waals surface area (Å²) in [6, 6.07) is 16.1. The van der Waals surface area contributed by atoms with E-state index in [-0.39, 0.29) is 23.5 Å². The molecule has 7 rings (SSSR count). The Bertz CT molecular complexity index is 1720. The Hall–Kier alpha value is -5.02. The van der Waals surface area contributed by atoms with Crippen LogP contribution in [0.25, 0.3) is 11.1 Å². The zero-order valence-corrected chi connectivity index (χ0v) is 26.7. The maximum absolute atomic E-state index is 13.8. The number of carbonyl (C=O) groups excluding carboxylic acids is 1. The fraction of sp³-hybridized carbons (Fsp3) is 0.429. The summed E-state index contributed by atoms with van der Waals surface area (Å²) in [5.41, 5.74) is 3.63. The van der Waals surface area contributed by atoms with E-state index in [1.165, 1.54) is 0 Å². The first kappa shape index (κ1) is 30.6. The van der Waals surface area contributed by atoms with Gasteiger partial charge in [0.05, 0.1) is 25.6 Å². The minimum Gasteiger partial charge on any atom is -0.380 e. The first-order chi connectivity index (χ1) is 23.0. The van der Waals surface area contributed by atoms with Gasteiger partial charge in [0, 0.05) is 67.7 Å². The number of aryl methyl sites for hydroxylation is 1. The minimum atomic E-state index is -0.164. The summed E-state index contributed by atoms with van der Waals surface area (Å²) in [4.78, 5) is 31.9. The number of aromatic nitrogens is 5. The van der Waals surface area contributed by atoms with Crippen molar-refractivity contribution in [1.82, 2.24) is 30.0 Å². The molecule has 1 spiro atoms. The van der Waals surface area contributed by atoms with E-state index in [1.807, 2.05) is 66.8 Å². The van der Waals surface area contributed by atoms with Crippen LogP contribution in [-0.2, 0) is 18.3 Å². The number of ether oxygens (including phenoxy) is 1. The maximum atomic E-state index is 13.8. The standard InChI is InChI=1S/C35H40N10O2/c1-43-21-28(20-40-43)26-8-13-31(37-18-26)45(34(46)39-17-25-6-3-2-4-7-25)30-11-9-29(10-12-30)41-33-38-19-27(16-36)32(42-33)44-15-5-14-35(22-44)23-47-24-35/h2-4,6-8,13,18-21,29-30H,5,9-12,14-15,17,22-24H2,1H3,(H,39,46)(H,38,41,42). The number of nitrogens with one attached hydrogen (secondary N) is 2. The number of nitriles is 1. The van der Waals surface area contributed by atoms with E-state index in [4.69, 9.17) is 14.7 Å². The summed E-state index contributed by atoms with van der Waals surface area (Å²) in [5, 5.41) is 20.7. The van der Waals surface area contributed by atoms with Crippen molar-refractivity contribution in [3.63, 3.8) is 0 Å². The van der Waals surface area contributed by atoms with Gasteiger partial charge in [-0.15, -0.1) is 0 Å². The number of amides is 2. The fourth-order valence-electron chi connectivity index (χ4n) is 7.02. The molecule has 3 aromatic heterocycles. The number of rotatable bonds is 8. The molecule has 0 atom stereocenters. The smallest absolute Gasteiger partial charge is 0.323 e. The third-order valence-corrected chi connectivity index (χ3v) is 9.60. The van der Waals surface area contributed by atoms with Gasteiger partial charge in [-0.2, -0.15) is 15.3 Å². The lowest BCUT2D eigenvalue weighted by Crippen LogP contribution is -2.54. The van der Waals surface area contributed by atoms with E-state index in [2.05, 4.69) is 31.7 Å². The topological polar surface area (TPSA) is 137 Å². The first-order valence-corrected chi connectivity index (χ1v) is 16.4. The van der Waals surface area contributed by atoms with Crippen LogP contribution in [0, 0.1) is 16.7 Å². The molecule has 3 fully saturated rings. The van der Waals surface area contributed by atoms with E-state index in [0.717, 1.165) is 81.5 Å². The van der Waals surface area contributed by atoms with Gasteiger partial charge in [0.15, 0.2) is 5.82 Å². The molecule has 12 heteroatoms. The number of carbonyl (C=O) groups is 1. The number of nitrogens with zero attached hydrogens (tertiary/aromatic N) is 8. The number of urea groups is 1. The highest BCUT2D eigenvalue weighted by Gasteiger charge is 2.43. The van der Waals surface area contributed by atoms with Crippen molar-refractivity contribution < 1.29 is 9.53 Å². The lowest BCUT2D eigenvalue weighted by molar-refractivity contribution is -0.117. The average molecular weight is 633 g/mol. The van der Waals surface area contributed by atoms with Gasteiger partial charge in [0.2, 0.25) is 5.95 Å². The van der Waals surface area contributed by atoms with Gasteiger partial charge in [-0.1, -0.05) is 30.3 Å². The van der Waals surface area contributed by atoms with Crippen molar-refractivity contribution in [2.45, 2.75) is 57.2 Å². The Morgan fingerprint density at radius 3 is 2.57 bits per heavy atom. The molecule has 2 amide bonds. The molecule has 2 saturated heterocycles. The Kier molecular flexibility index (Phi) is 8.72. The minimum absolute atomic E-state index is 0.0211. The van der Waals surface area contributed by atoms with Crippen LogP contribution in [0.2, 0.25) is 0 Å². The summed E-state index contributed by atoms with van der Waals surface area (Å²) in [6.07, 6.45) is 12.7. The van der Waals surface area contributed by atoms with E-state index < -0.39 is 0 Å². The highest BCUT2D eigenvalue weighted by molar-refractivity contribution is 5.91. The highest BCUT2D eigenvalue weighted by atomic mass is 16.5. The van der Waals surface area contributed by atoms with E-state index in [0.29, 0.717) is 29.7 Å². The fourth-order valence-corrected chi connectivity index (χ4v) is 7.02. The van der Waals surface area contributed by atoms with Gasteiger partial charge >= 0.3 is 6.03 Å². The number of benzene rings is 1. The highest BCUT2D eigenvalue weighted by Crippen LogP contribution is 2.39. The predicted molar refractivity (Wildman–Crippen MR) is 179 cm³/mol. The number of hydrogen-bond donors (Lipinski definition) is 2. The SMILES string of the molecule is Cn1cc(-c2ccc(N(C(=O)NCc3ccccc3)C3CCC(Nc4ncc(C#N)c(N5CCCC6(COC6)C5)n4)CC3)nc2)cn1. The zero-order valence-electron chi connectivity index (χ0n) is 26.7. The number of anilines is 3. The van der Waals surface area contributed by atoms with Crippen LogP contribution in [-0.4, -0.2) is 69.2 Å². The molecule has 0 radical (unpaired) electrons. The molecule has 4 aromatic rings. The van der Waals surface area contributed by atoms with Crippen molar-refractivity contribution in [2.75, 3.05) is 41.4 Å². The van der Waals surface area contributed by atoms with Crippen molar-refractivity contribution in [2.24, 2.45) is 12.5 Å². The molecule has 1 aliphatic carbocycles. The summed E-state index contributed by atoms with van der Waals surface area (Å²) >= 11 is 0. The van der Waals surface area contributed by atoms with Crippen molar-refractivity contribution >= 4 is 23.6 Å². The lowest BCUT2D eigenvalue weighted by Gasteiger charge is -2.48. The molecule has 0 bridgehead atoms. The first-order valence-electron chi connectivity index (χ1n) is 16.4. The molecule has 47 heavy (non-hydrogen) atoms. The largest absolute Gasteiger partial charge is 0.380 e.